The molecule has 108 valence electrons. The predicted octanol–water partition coefficient (Wildman–Crippen LogP) is 4.42. The van der Waals surface area contributed by atoms with Gasteiger partial charge in [-0.2, -0.15) is 5.10 Å². The minimum Gasteiger partial charge on any atom is -0.323 e. The van der Waals surface area contributed by atoms with Crippen molar-refractivity contribution in [3.8, 4) is 0 Å². The van der Waals surface area contributed by atoms with Gasteiger partial charge in [0.05, 0.1) is 16.4 Å². The van der Waals surface area contributed by atoms with Crippen LogP contribution in [0, 0.1) is 5.92 Å². The molecule has 0 bridgehead atoms. The van der Waals surface area contributed by atoms with Crippen LogP contribution in [0.3, 0.4) is 0 Å². The molecular formula is C15H26BrN3. The average molecular weight is 328 g/mol. The standard InChI is InChI=1S/C15H26BrN3/c1-2-9-19-15(13(16)11-18-19)14(17)10-12-7-5-3-4-6-8-12/h11-12,14H,2-10,17H2,1H3. The Morgan fingerprint density at radius 3 is 2.68 bits per heavy atom. The van der Waals surface area contributed by atoms with E-state index in [1.165, 1.54) is 44.2 Å². The van der Waals surface area contributed by atoms with Crippen molar-refractivity contribution in [2.75, 3.05) is 0 Å². The van der Waals surface area contributed by atoms with Crippen molar-refractivity contribution in [3.05, 3.63) is 16.4 Å². The molecule has 1 aliphatic rings. The normalized spacial score (nSPS) is 19.3. The summed E-state index contributed by atoms with van der Waals surface area (Å²) in [6.07, 6.45) is 12.4. The van der Waals surface area contributed by atoms with Crippen LogP contribution in [0.15, 0.2) is 10.7 Å². The number of aryl methyl sites for hydroxylation is 1. The Kier molecular flexibility index (Phi) is 5.89. The van der Waals surface area contributed by atoms with Crippen LogP contribution in [0.2, 0.25) is 0 Å². The molecule has 1 unspecified atom stereocenters. The average Bonchev–Trinajstić information content (AvgIpc) is 2.61. The van der Waals surface area contributed by atoms with Gasteiger partial charge in [0.1, 0.15) is 0 Å². The quantitative estimate of drug-likeness (QED) is 0.813. The van der Waals surface area contributed by atoms with Crippen LogP contribution in [-0.4, -0.2) is 9.78 Å². The van der Waals surface area contributed by atoms with E-state index in [-0.39, 0.29) is 6.04 Å². The smallest absolute Gasteiger partial charge is 0.0693 e. The Morgan fingerprint density at radius 1 is 1.37 bits per heavy atom. The molecule has 1 aliphatic carbocycles. The number of halogens is 1. The minimum atomic E-state index is 0.117. The van der Waals surface area contributed by atoms with Crippen molar-refractivity contribution in [1.82, 2.24) is 9.78 Å². The van der Waals surface area contributed by atoms with Crippen LogP contribution in [0.1, 0.15) is 70.0 Å². The lowest BCUT2D eigenvalue weighted by atomic mass is 9.92. The molecule has 0 radical (unpaired) electrons. The molecule has 2 rings (SSSR count). The molecule has 1 heterocycles. The van der Waals surface area contributed by atoms with Crippen molar-refractivity contribution in [2.24, 2.45) is 11.7 Å². The molecule has 2 N–H and O–H groups in total. The number of aromatic nitrogens is 2. The summed E-state index contributed by atoms with van der Waals surface area (Å²) >= 11 is 3.60. The summed E-state index contributed by atoms with van der Waals surface area (Å²) in [5.41, 5.74) is 7.65. The zero-order valence-electron chi connectivity index (χ0n) is 11.9. The highest BCUT2D eigenvalue weighted by atomic mass is 79.9. The second-order valence-electron chi connectivity index (χ2n) is 5.80. The SMILES string of the molecule is CCCn1ncc(Br)c1C(N)CC1CCCCCC1. The van der Waals surface area contributed by atoms with Crippen LogP contribution in [0.25, 0.3) is 0 Å². The van der Waals surface area contributed by atoms with Crippen LogP contribution in [-0.2, 0) is 6.54 Å². The van der Waals surface area contributed by atoms with Gasteiger partial charge >= 0.3 is 0 Å². The highest BCUT2D eigenvalue weighted by Gasteiger charge is 2.21. The Morgan fingerprint density at radius 2 is 2.05 bits per heavy atom. The highest BCUT2D eigenvalue weighted by Crippen LogP contribution is 2.32. The maximum Gasteiger partial charge on any atom is 0.0693 e. The van der Waals surface area contributed by atoms with Gasteiger partial charge in [0, 0.05) is 12.6 Å². The van der Waals surface area contributed by atoms with Crippen molar-refractivity contribution in [2.45, 2.75) is 70.9 Å². The summed E-state index contributed by atoms with van der Waals surface area (Å²) < 4.78 is 3.15. The summed E-state index contributed by atoms with van der Waals surface area (Å²) in [6, 6.07) is 0.117. The summed E-state index contributed by atoms with van der Waals surface area (Å²) in [6.45, 7) is 3.13. The molecule has 1 fully saturated rings. The maximum atomic E-state index is 6.46. The Hall–Kier alpha value is -0.350. The summed E-state index contributed by atoms with van der Waals surface area (Å²) in [7, 11) is 0. The fourth-order valence-electron chi connectivity index (χ4n) is 3.20. The molecule has 1 saturated carbocycles. The molecule has 19 heavy (non-hydrogen) atoms. The number of hydrogen-bond acceptors (Lipinski definition) is 2. The van der Waals surface area contributed by atoms with Gasteiger partial charge in [-0.25, -0.2) is 0 Å². The number of rotatable bonds is 5. The molecule has 4 heteroatoms. The fourth-order valence-corrected chi connectivity index (χ4v) is 3.79. The van der Waals surface area contributed by atoms with E-state index in [4.69, 9.17) is 5.73 Å². The molecule has 1 atom stereocenters. The van der Waals surface area contributed by atoms with Gasteiger partial charge in [0.2, 0.25) is 0 Å². The first kappa shape index (κ1) is 15.0. The molecule has 0 saturated heterocycles. The van der Waals surface area contributed by atoms with Gasteiger partial charge in [0.25, 0.3) is 0 Å². The monoisotopic (exact) mass is 327 g/mol. The second-order valence-corrected chi connectivity index (χ2v) is 6.66. The Balaban J connectivity index is 2.01. The number of nitrogens with zero attached hydrogens (tertiary/aromatic N) is 2. The van der Waals surface area contributed by atoms with Gasteiger partial charge in [-0.3, -0.25) is 4.68 Å². The molecule has 0 amide bonds. The first-order valence-corrected chi connectivity index (χ1v) is 8.48. The van der Waals surface area contributed by atoms with Gasteiger partial charge in [-0.05, 0) is 34.7 Å². The first-order valence-electron chi connectivity index (χ1n) is 7.69. The van der Waals surface area contributed by atoms with Crippen molar-refractivity contribution in [1.29, 1.82) is 0 Å². The molecule has 0 aromatic carbocycles. The van der Waals surface area contributed by atoms with Gasteiger partial charge in [0.15, 0.2) is 0 Å². The van der Waals surface area contributed by atoms with E-state index in [0.29, 0.717) is 0 Å². The highest BCUT2D eigenvalue weighted by molar-refractivity contribution is 9.10. The van der Waals surface area contributed by atoms with E-state index < -0.39 is 0 Å². The molecular weight excluding hydrogens is 302 g/mol. The topological polar surface area (TPSA) is 43.8 Å². The molecule has 0 aliphatic heterocycles. The van der Waals surface area contributed by atoms with Crippen LogP contribution in [0.5, 0.6) is 0 Å². The van der Waals surface area contributed by atoms with Gasteiger partial charge < -0.3 is 5.73 Å². The summed E-state index contributed by atoms with van der Waals surface area (Å²) in [4.78, 5) is 0. The lowest BCUT2D eigenvalue weighted by molar-refractivity contribution is 0.379. The third-order valence-electron chi connectivity index (χ3n) is 4.18. The van der Waals surface area contributed by atoms with Crippen LogP contribution < -0.4 is 5.73 Å². The summed E-state index contributed by atoms with van der Waals surface area (Å²) in [5, 5.41) is 4.43. The Bertz CT molecular complexity index is 381. The third-order valence-corrected chi connectivity index (χ3v) is 4.79. The van der Waals surface area contributed by atoms with E-state index in [9.17, 15) is 0 Å². The lowest BCUT2D eigenvalue weighted by Crippen LogP contribution is -2.20. The summed E-state index contributed by atoms with van der Waals surface area (Å²) in [5.74, 6) is 0.800. The number of nitrogens with two attached hydrogens (primary N) is 1. The first-order chi connectivity index (χ1) is 9.22. The van der Waals surface area contributed by atoms with Crippen molar-refractivity contribution >= 4 is 15.9 Å². The van der Waals surface area contributed by atoms with Crippen molar-refractivity contribution < 1.29 is 0 Å². The maximum absolute atomic E-state index is 6.46. The van der Waals surface area contributed by atoms with E-state index in [1.807, 2.05) is 6.20 Å². The molecule has 1 aromatic heterocycles. The molecule has 0 spiro atoms. The third kappa shape index (κ3) is 4.06. The molecule has 3 nitrogen and oxygen atoms in total. The van der Waals surface area contributed by atoms with Crippen LogP contribution >= 0.6 is 15.9 Å². The lowest BCUT2D eigenvalue weighted by Gasteiger charge is -2.20. The predicted molar refractivity (Wildman–Crippen MR) is 83.0 cm³/mol. The van der Waals surface area contributed by atoms with Gasteiger partial charge in [-0.15, -0.1) is 0 Å². The van der Waals surface area contributed by atoms with E-state index in [0.717, 1.165) is 29.8 Å². The van der Waals surface area contributed by atoms with Crippen molar-refractivity contribution in [3.63, 3.8) is 0 Å². The van der Waals surface area contributed by atoms with Gasteiger partial charge in [-0.1, -0.05) is 45.4 Å². The number of hydrogen-bond donors (Lipinski definition) is 1. The minimum absolute atomic E-state index is 0.117. The Labute approximate surface area is 125 Å². The zero-order valence-corrected chi connectivity index (χ0v) is 13.5. The van der Waals surface area contributed by atoms with E-state index in [1.54, 1.807) is 0 Å². The van der Waals surface area contributed by atoms with E-state index >= 15 is 0 Å². The van der Waals surface area contributed by atoms with E-state index in [2.05, 4.69) is 32.6 Å². The second kappa shape index (κ2) is 7.44. The molecule has 1 aromatic rings. The zero-order chi connectivity index (χ0) is 13.7. The largest absolute Gasteiger partial charge is 0.323 e. The fraction of sp³-hybridized carbons (Fsp3) is 0.800. The van der Waals surface area contributed by atoms with Crippen LogP contribution in [0.4, 0.5) is 0 Å².